The minimum Gasteiger partial charge on any atom is -0.489 e. The van der Waals surface area contributed by atoms with E-state index in [9.17, 15) is 4.79 Å². The Morgan fingerprint density at radius 1 is 0.931 bits per heavy atom. The molecule has 5 heteroatoms. The fourth-order valence-corrected chi connectivity index (χ4v) is 3.28. The van der Waals surface area contributed by atoms with Crippen LogP contribution in [0.4, 0.5) is 0 Å². The highest BCUT2D eigenvalue weighted by Gasteiger charge is 2.19. The van der Waals surface area contributed by atoms with E-state index in [1.165, 1.54) is 45.6 Å². The lowest BCUT2D eigenvalue weighted by Crippen LogP contribution is -2.22. The molecule has 0 amide bonds. The summed E-state index contributed by atoms with van der Waals surface area (Å²) in [6.45, 7) is 8.70. The molecule has 0 saturated carbocycles. The maximum atomic E-state index is 12.3. The normalized spacial score (nSPS) is 11.6. The molecule has 0 N–H and O–H groups in total. The number of ether oxygens (including phenoxy) is 3. The van der Waals surface area contributed by atoms with Crippen molar-refractivity contribution in [3.05, 3.63) is 28.6 Å². The molecule has 0 unspecified atom stereocenters. The van der Waals surface area contributed by atoms with Gasteiger partial charge in [0.05, 0.1) is 19.1 Å². The Hall–Kier alpha value is -2.17. The quantitative estimate of drug-likeness (QED) is 0.298. The molecule has 0 bridgehead atoms. The van der Waals surface area contributed by atoms with Crippen LogP contribution in [0.1, 0.15) is 79.1 Å². The van der Waals surface area contributed by atoms with Crippen molar-refractivity contribution >= 4 is 11.0 Å². The molecule has 2 rings (SSSR count). The van der Waals surface area contributed by atoms with Gasteiger partial charge in [-0.3, -0.25) is 0 Å². The zero-order valence-electron chi connectivity index (χ0n) is 18.6. The minimum absolute atomic E-state index is 0.113. The first-order valence-electron chi connectivity index (χ1n) is 10.8. The number of methoxy groups -OCH3 is 1. The van der Waals surface area contributed by atoms with E-state index in [4.69, 9.17) is 18.6 Å². The average molecular weight is 405 g/mol. The summed E-state index contributed by atoms with van der Waals surface area (Å²) in [6.07, 6.45) is 9.81. The van der Waals surface area contributed by atoms with Gasteiger partial charge in [-0.15, -0.1) is 0 Å². The molecule has 5 nitrogen and oxygen atoms in total. The average Bonchev–Trinajstić information content (AvgIpc) is 2.65. The molecule has 0 spiro atoms. The van der Waals surface area contributed by atoms with Gasteiger partial charge in [0.1, 0.15) is 16.9 Å². The molecule has 0 radical (unpaired) electrons. The molecular formula is C24H36O5. The van der Waals surface area contributed by atoms with Gasteiger partial charge in [0, 0.05) is 6.07 Å². The minimum atomic E-state index is -0.543. The predicted molar refractivity (Wildman–Crippen MR) is 118 cm³/mol. The second kappa shape index (κ2) is 11.1. The van der Waals surface area contributed by atoms with Gasteiger partial charge in [0.15, 0.2) is 5.75 Å². The monoisotopic (exact) mass is 404 g/mol. The highest BCUT2D eigenvalue weighted by Crippen LogP contribution is 2.35. The second-order valence-corrected chi connectivity index (χ2v) is 8.45. The molecule has 0 saturated heterocycles. The van der Waals surface area contributed by atoms with Crippen molar-refractivity contribution < 1.29 is 18.6 Å². The van der Waals surface area contributed by atoms with Crippen LogP contribution in [0.25, 0.3) is 11.0 Å². The summed E-state index contributed by atoms with van der Waals surface area (Å²) < 4.78 is 22.6. The maximum Gasteiger partial charge on any atom is 0.383 e. The van der Waals surface area contributed by atoms with Gasteiger partial charge in [0.25, 0.3) is 0 Å². The van der Waals surface area contributed by atoms with Crippen LogP contribution in [0.3, 0.4) is 0 Å². The van der Waals surface area contributed by atoms with Crippen LogP contribution >= 0.6 is 0 Å². The molecule has 29 heavy (non-hydrogen) atoms. The third-order valence-electron chi connectivity index (χ3n) is 4.66. The van der Waals surface area contributed by atoms with Crippen LogP contribution in [0.15, 0.2) is 27.4 Å². The third-order valence-corrected chi connectivity index (χ3v) is 4.66. The Kier molecular flexibility index (Phi) is 8.87. The molecule has 1 heterocycles. The number of fused-ring (bicyclic) bond motifs is 1. The Balaban J connectivity index is 2.04. The molecule has 0 atom stereocenters. The fourth-order valence-electron chi connectivity index (χ4n) is 3.28. The van der Waals surface area contributed by atoms with Crippen LogP contribution in [-0.2, 0) is 0 Å². The van der Waals surface area contributed by atoms with Gasteiger partial charge in [-0.2, -0.15) is 0 Å². The number of benzene rings is 1. The van der Waals surface area contributed by atoms with Crippen LogP contribution in [0, 0.1) is 0 Å². The molecule has 0 aliphatic rings. The molecule has 162 valence electrons. The molecule has 0 aliphatic carbocycles. The van der Waals surface area contributed by atoms with Crippen molar-refractivity contribution in [1.82, 2.24) is 0 Å². The van der Waals surface area contributed by atoms with E-state index in [1.807, 2.05) is 32.9 Å². The fraction of sp³-hybridized carbons (Fsp3) is 0.625. The van der Waals surface area contributed by atoms with Crippen molar-refractivity contribution in [2.45, 2.75) is 84.7 Å². The van der Waals surface area contributed by atoms with E-state index < -0.39 is 5.63 Å². The lowest BCUT2D eigenvalue weighted by atomic mass is 10.1. The number of unbranched alkanes of at least 4 members (excludes halogenated alkanes) is 7. The Morgan fingerprint density at radius 3 is 2.21 bits per heavy atom. The van der Waals surface area contributed by atoms with Gasteiger partial charge in [-0.25, -0.2) is 4.79 Å². The van der Waals surface area contributed by atoms with E-state index in [1.54, 1.807) is 6.07 Å². The Bertz CT molecular complexity index is 816. The first kappa shape index (κ1) is 23.1. The topological polar surface area (TPSA) is 57.9 Å². The van der Waals surface area contributed by atoms with Crippen molar-refractivity contribution in [3.8, 4) is 17.2 Å². The van der Waals surface area contributed by atoms with Crippen LogP contribution in [0.5, 0.6) is 17.2 Å². The smallest absolute Gasteiger partial charge is 0.383 e. The number of rotatable bonds is 12. The highest BCUT2D eigenvalue weighted by atomic mass is 16.5. The van der Waals surface area contributed by atoms with E-state index >= 15 is 0 Å². The molecule has 1 aromatic heterocycles. The van der Waals surface area contributed by atoms with E-state index in [2.05, 4.69) is 6.92 Å². The summed E-state index contributed by atoms with van der Waals surface area (Å²) in [6, 6.07) is 5.44. The molecule has 1 aromatic carbocycles. The van der Waals surface area contributed by atoms with Gasteiger partial charge in [-0.1, -0.05) is 51.9 Å². The van der Waals surface area contributed by atoms with Crippen molar-refractivity contribution in [1.29, 1.82) is 0 Å². The lowest BCUT2D eigenvalue weighted by molar-refractivity contribution is 0.131. The Morgan fingerprint density at radius 2 is 1.59 bits per heavy atom. The van der Waals surface area contributed by atoms with Gasteiger partial charge in [0.2, 0.25) is 5.75 Å². The van der Waals surface area contributed by atoms with Gasteiger partial charge >= 0.3 is 5.63 Å². The predicted octanol–water partition coefficient (Wildman–Crippen LogP) is 6.50. The van der Waals surface area contributed by atoms with Gasteiger partial charge in [-0.05, 0) is 39.3 Å². The van der Waals surface area contributed by atoms with Crippen molar-refractivity contribution in [2.24, 2.45) is 0 Å². The van der Waals surface area contributed by atoms with Gasteiger partial charge < -0.3 is 18.6 Å². The van der Waals surface area contributed by atoms with Crippen LogP contribution < -0.4 is 19.8 Å². The van der Waals surface area contributed by atoms with Crippen molar-refractivity contribution in [3.63, 3.8) is 0 Å². The summed E-state index contributed by atoms with van der Waals surface area (Å²) >= 11 is 0. The first-order chi connectivity index (χ1) is 13.9. The first-order valence-corrected chi connectivity index (χ1v) is 10.8. The lowest BCUT2D eigenvalue weighted by Gasteiger charge is -2.21. The molecule has 0 fully saturated rings. The SMILES string of the molecule is CCCCCCCCCCOc1c(OC)c(=O)oc2cc(OC(C)(C)C)ccc12. The number of hydrogen-bond donors (Lipinski definition) is 0. The summed E-state index contributed by atoms with van der Waals surface area (Å²) in [5, 5.41) is 0.710. The molecule has 2 aromatic rings. The standard InChI is InChI=1S/C24H36O5/c1-6-7-8-9-10-11-12-13-16-27-21-19-15-14-18(29-24(2,3)4)17-20(19)28-23(25)22(21)26-5/h14-15,17H,6-13,16H2,1-5H3. The summed E-state index contributed by atoms with van der Waals surface area (Å²) in [5.74, 6) is 1.21. The molecular weight excluding hydrogens is 368 g/mol. The maximum absolute atomic E-state index is 12.3. The van der Waals surface area contributed by atoms with E-state index in [-0.39, 0.29) is 11.4 Å². The number of hydrogen-bond acceptors (Lipinski definition) is 5. The second-order valence-electron chi connectivity index (χ2n) is 8.45. The van der Waals surface area contributed by atoms with Crippen LogP contribution in [0.2, 0.25) is 0 Å². The largest absolute Gasteiger partial charge is 0.489 e. The van der Waals surface area contributed by atoms with Crippen molar-refractivity contribution in [2.75, 3.05) is 13.7 Å². The van der Waals surface area contributed by atoms with E-state index in [0.29, 0.717) is 29.1 Å². The molecule has 0 aliphatic heterocycles. The Labute approximate surface area is 174 Å². The zero-order valence-corrected chi connectivity index (χ0v) is 18.6. The highest BCUT2D eigenvalue weighted by molar-refractivity contribution is 5.86. The van der Waals surface area contributed by atoms with E-state index in [0.717, 1.165) is 12.8 Å². The van der Waals surface area contributed by atoms with Crippen LogP contribution in [-0.4, -0.2) is 19.3 Å². The summed E-state index contributed by atoms with van der Waals surface area (Å²) in [4.78, 5) is 12.3. The third kappa shape index (κ3) is 7.30. The zero-order chi connectivity index (χ0) is 21.3. The summed E-state index contributed by atoms with van der Waals surface area (Å²) in [7, 11) is 1.46. The summed E-state index contributed by atoms with van der Waals surface area (Å²) in [5.41, 5.74) is -0.446.